The number of halogens is 1. The Balaban J connectivity index is 1.62. The number of carbonyl (C=O) groups excluding carboxylic acids is 1. The van der Waals surface area contributed by atoms with Gasteiger partial charge in [0.2, 0.25) is 5.91 Å². The van der Waals surface area contributed by atoms with E-state index in [4.69, 9.17) is 5.73 Å². The lowest BCUT2D eigenvalue weighted by Gasteiger charge is -2.27. The van der Waals surface area contributed by atoms with Crippen LogP contribution in [-0.2, 0) is 11.3 Å². The minimum absolute atomic E-state index is 0.104. The molecule has 5 rings (SSSR count). The SMILES string of the molecule is CCC(=O)Nc1ccc(C2CCC(N)CC2)c(F)c1-c1cn(CC2CCCCC2)c2ccccc12. The van der Waals surface area contributed by atoms with Crippen LogP contribution in [-0.4, -0.2) is 16.5 Å². The first-order valence-corrected chi connectivity index (χ1v) is 13.5. The van der Waals surface area contributed by atoms with Crippen molar-refractivity contribution in [1.29, 1.82) is 0 Å². The molecule has 2 saturated carbocycles. The monoisotopic (exact) mass is 475 g/mol. The molecule has 3 N–H and O–H groups in total. The van der Waals surface area contributed by atoms with E-state index in [2.05, 4.69) is 34.3 Å². The van der Waals surface area contributed by atoms with Crippen molar-refractivity contribution < 1.29 is 9.18 Å². The summed E-state index contributed by atoms with van der Waals surface area (Å²) in [6, 6.07) is 12.3. The minimum Gasteiger partial charge on any atom is -0.347 e. The fraction of sp³-hybridized carbons (Fsp3) is 0.500. The number of rotatable bonds is 6. The summed E-state index contributed by atoms with van der Waals surface area (Å²) < 4.78 is 18.8. The van der Waals surface area contributed by atoms with Crippen LogP contribution >= 0.6 is 0 Å². The van der Waals surface area contributed by atoms with Gasteiger partial charge in [-0.05, 0) is 68.1 Å². The zero-order chi connectivity index (χ0) is 24.4. The minimum atomic E-state index is -0.194. The Morgan fingerprint density at radius 2 is 1.77 bits per heavy atom. The van der Waals surface area contributed by atoms with Crippen LogP contribution in [0.15, 0.2) is 42.6 Å². The highest BCUT2D eigenvalue weighted by Crippen LogP contribution is 2.43. The van der Waals surface area contributed by atoms with E-state index in [-0.39, 0.29) is 23.7 Å². The number of amides is 1. The van der Waals surface area contributed by atoms with Gasteiger partial charge in [0.25, 0.3) is 0 Å². The number of nitrogens with zero attached hydrogens (tertiary/aromatic N) is 1. The zero-order valence-corrected chi connectivity index (χ0v) is 20.9. The fourth-order valence-electron chi connectivity index (χ4n) is 6.19. The predicted octanol–water partition coefficient (Wildman–Crippen LogP) is 7.36. The lowest BCUT2D eigenvalue weighted by atomic mass is 9.80. The molecular weight excluding hydrogens is 437 g/mol. The van der Waals surface area contributed by atoms with Crippen LogP contribution in [0.4, 0.5) is 10.1 Å². The molecule has 2 fully saturated rings. The highest BCUT2D eigenvalue weighted by Gasteiger charge is 2.27. The molecule has 2 aliphatic rings. The van der Waals surface area contributed by atoms with Gasteiger partial charge in [-0.3, -0.25) is 4.79 Å². The third kappa shape index (κ3) is 5.02. The highest BCUT2D eigenvalue weighted by atomic mass is 19.1. The third-order valence-electron chi connectivity index (χ3n) is 8.22. The first-order valence-electron chi connectivity index (χ1n) is 13.5. The Hall–Kier alpha value is -2.66. The number of hydrogen-bond donors (Lipinski definition) is 2. The highest BCUT2D eigenvalue weighted by molar-refractivity contribution is 6.03. The third-order valence-corrected chi connectivity index (χ3v) is 8.22. The van der Waals surface area contributed by atoms with Crippen molar-refractivity contribution in [3.05, 3.63) is 54.0 Å². The molecule has 186 valence electrons. The Bertz CT molecular complexity index is 1190. The summed E-state index contributed by atoms with van der Waals surface area (Å²) in [6.45, 7) is 2.78. The van der Waals surface area contributed by atoms with Crippen LogP contribution < -0.4 is 11.1 Å². The van der Waals surface area contributed by atoms with E-state index in [0.29, 0.717) is 23.6 Å². The smallest absolute Gasteiger partial charge is 0.224 e. The van der Waals surface area contributed by atoms with E-state index in [0.717, 1.165) is 54.3 Å². The molecule has 0 bridgehead atoms. The van der Waals surface area contributed by atoms with E-state index in [1.165, 1.54) is 32.1 Å². The first kappa shape index (κ1) is 24.1. The largest absolute Gasteiger partial charge is 0.347 e. The number of hydrogen-bond acceptors (Lipinski definition) is 2. The van der Waals surface area contributed by atoms with Crippen molar-refractivity contribution in [1.82, 2.24) is 4.57 Å². The van der Waals surface area contributed by atoms with Gasteiger partial charge in [0, 0.05) is 47.2 Å². The molecule has 0 saturated heterocycles. The molecule has 0 atom stereocenters. The number of aromatic nitrogens is 1. The number of para-hydroxylation sites is 1. The van der Waals surface area contributed by atoms with Gasteiger partial charge in [0.15, 0.2) is 0 Å². The van der Waals surface area contributed by atoms with E-state index >= 15 is 4.39 Å². The summed E-state index contributed by atoms with van der Waals surface area (Å²) in [5, 5.41) is 4.02. The quantitative estimate of drug-likeness (QED) is 0.391. The predicted molar refractivity (Wildman–Crippen MR) is 142 cm³/mol. The molecule has 2 aliphatic carbocycles. The normalized spacial score (nSPS) is 21.3. The molecule has 3 aromatic rings. The molecule has 0 radical (unpaired) electrons. The van der Waals surface area contributed by atoms with Crippen LogP contribution in [0.5, 0.6) is 0 Å². The Labute approximate surface area is 208 Å². The van der Waals surface area contributed by atoms with Crippen molar-refractivity contribution in [3.8, 4) is 11.1 Å². The van der Waals surface area contributed by atoms with Crippen LogP contribution in [0.25, 0.3) is 22.0 Å². The molecule has 4 nitrogen and oxygen atoms in total. The molecule has 35 heavy (non-hydrogen) atoms. The van der Waals surface area contributed by atoms with Gasteiger partial charge in [-0.25, -0.2) is 4.39 Å². The summed E-state index contributed by atoms with van der Waals surface area (Å²) in [4.78, 5) is 12.4. The van der Waals surface area contributed by atoms with E-state index in [9.17, 15) is 4.79 Å². The van der Waals surface area contributed by atoms with Gasteiger partial charge in [0.1, 0.15) is 5.82 Å². The topological polar surface area (TPSA) is 60.1 Å². The summed E-state index contributed by atoms with van der Waals surface area (Å²) in [5.74, 6) is 0.530. The molecule has 5 heteroatoms. The zero-order valence-electron chi connectivity index (χ0n) is 20.9. The van der Waals surface area contributed by atoms with Gasteiger partial charge in [-0.1, -0.05) is 50.5 Å². The number of fused-ring (bicyclic) bond motifs is 1. The number of benzene rings is 2. The molecule has 0 aliphatic heterocycles. The van der Waals surface area contributed by atoms with Crippen molar-refractivity contribution in [2.45, 2.75) is 89.6 Å². The average molecular weight is 476 g/mol. The van der Waals surface area contributed by atoms with Crippen molar-refractivity contribution >= 4 is 22.5 Å². The van der Waals surface area contributed by atoms with Gasteiger partial charge in [0.05, 0.1) is 5.69 Å². The summed E-state index contributed by atoms with van der Waals surface area (Å²) in [6.07, 6.45) is 12.6. The van der Waals surface area contributed by atoms with Crippen molar-refractivity contribution in [2.75, 3.05) is 5.32 Å². The number of carbonyl (C=O) groups is 1. The van der Waals surface area contributed by atoms with Crippen LogP contribution in [0.1, 0.15) is 82.6 Å². The van der Waals surface area contributed by atoms with Crippen LogP contribution in [0, 0.1) is 11.7 Å². The van der Waals surface area contributed by atoms with Crippen LogP contribution in [0.3, 0.4) is 0 Å². The van der Waals surface area contributed by atoms with Gasteiger partial charge < -0.3 is 15.6 Å². The summed E-state index contributed by atoms with van der Waals surface area (Å²) >= 11 is 0. The number of nitrogens with two attached hydrogens (primary N) is 1. The van der Waals surface area contributed by atoms with Crippen LogP contribution in [0.2, 0.25) is 0 Å². The van der Waals surface area contributed by atoms with Crippen molar-refractivity contribution in [2.24, 2.45) is 11.7 Å². The number of nitrogens with one attached hydrogen (secondary N) is 1. The summed E-state index contributed by atoms with van der Waals surface area (Å²) in [7, 11) is 0. The molecule has 1 amide bonds. The fourth-order valence-corrected chi connectivity index (χ4v) is 6.19. The second-order valence-corrected chi connectivity index (χ2v) is 10.6. The van der Waals surface area contributed by atoms with Gasteiger partial charge in [-0.2, -0.15) is 0 Å². The lowest BCUT2D eigenvalue weighted by molar-refractivity contribution is -0.115. The first-order chi connectivity index (χ1) is 17.0. The maximum atomic E-state index is 16.5. The standard InChI is InChI=1S/C30H38FN3O/c1-2-28(35)33-26-17-16-23(21-12-14-22(32)15-13-21)30(31)29(26)25-19-34(18-20-8-4-3-5-9-20)27-11-7-6-10-24(25)27/h6-7,10-11,16-17,19-22H,2-5,8-9,12-15,18,32H2,1H3,(H,33,35). The number of anilines is 1. The van der Waals surface area contributed by atoms with Gasteiger partial charge in [-0.15, -0.1) is 0 Å². The average Bonchev–Trinajstić information content (AvgIpc) is 3.23. The molecule has 0 spiro atoms. The maximum Gasteiger partial charge on any atom is 0.224 e. The Morgan fingerprint density at radius 1 is 1.03 bits per heavy atom. The van der Waals surface area contributed by atoms with E-state index in [1.807, 2.05) is 25.1 Å². The second kappa shape index (κ2) is 10.5. The van der Waals surface area contributed by atoms with Gasteiger partial charge >= 0.3 is 0 Å². The molecule has 1 aromatic heterocycles. The Kier molecular flexibility index (Phi) is 7.24. The van der Waals surface area contributed by atoms with Crippen molar-refractivity contribution in [3.63, 3.8) is 0 Å². The molecule has 1 heterocycles. The summed E-state index contributed by atoms with van der Waals surface area (Å²) in [5.41, 5.74) is 9.97. The van der Waals surface area contributed by atoms with E-state index < -0.39 is 0 Å². The maximum absolute atomic E-state index is 16.5. The second-order valence-electron chi connectivity index (χ2n) is 10.6. The molecule has 2 aromatic carbocycles. The molecular formula is C30H38FN3O. The Morgan fingerprint density at radius 3 is 2.51 bits per heavy atom. The van der Waals surface area contributed by atoms with E-state index in [1.54, 1.807) is 0 Å². The lowest BCUT2D eigenvalue weighted by Crippen LogP contribution is -2.26. The molecule has 0 unspecified atom stereocenters.